The molecule has 1 unspecified atom stereocenters. The Kier molecular flexibility index (Phi) is 5.31. The Morgan fingerprint density at radius 1 is 1.17 bits per heavy atom. The van der Waals surface area contributed by atoms with Gasteiger partial charge in [0, 0.05) is 37.5 Å². The number of likely N-dealkylation sites (tertiary alicyclic amines) is 1. The number of hydrogen-bond donors (Lipinski definition) is 1. The van der Waals surface area contributed by atoms with E-state index in [4.69, 9.17) is 0 Å². The van der Waals surface area contributed by atoms with Gasteiger partial charge in [0.2, 0.25) is 5.91 Å². The molecule has 1 saturated heterocycles. The molecule has 30 heavy (non-hydrogen) atoms. The maximum atomic E-state index is 13.1. The fraction of sp³-hybridized carbons (Fsp3) is 0.318. The third kappa shape index (κ3) is 3.94. The summed E-state index contributed by atoms with van der Waals surface area (Å²) in [4.78, 5) is 32.0. The molecule has 0 spiro atoms. The van der Waals surface area contributed by atoms with Gasteiger partial charge in [-0.25, -0.2) is 0 Å². The number of piperidine rings is 1. The summed E-state index contributed by atoms with van der Waals surface area (Å²) in [5.41, 5.74) is 1.32. The van der Waals surface area contributed by atoms with Crippen LogP contribution >= 0.6 is 0 Å². The van der Waals surface area contributed by atoms with Crippen LogP contribution in [0.2, 0.25) is 0 Å². The Hall–Kier alpha value is -3.55. The SMILES string of the molecule is Cn1cnnc1-c1cncc(NC(=O)C2(C)CCCN(C(=O)c3ccccc3)C2)c1. The molecule has 2 aromatic heterocycles. The number of aryl methyl sites for hydroxylation is 1. The lowest BCUT2D eigenvalue weighted by atomic mass is 9.80. The van der Waals surface area contributed by atoms with Crippen molar-refractivity contribution in [3.05, 3.63) is 60.7 Å². The molecule has 8 heteroatoms. The molecule has 4 rings (SSSR count). The van der Waals surface area contributed by atoms with E-state index in [1.807, 2.05) is 38.2 Å². The molecule has 1 aromatic carbocycles. The number of aromatic nitrogens is 4. The van der Waals surface area contributed by atoms with E-state index in [1.54, 1.807) is 40.3 Å². The molecule has 0 bridgehead atoms. The van der Waals surface area contributed by atoms with Gasteiger partial charge in [-0.1, -0.05) is 18.2 Å². The third-order valence-corrected chi connectivity index (χ3v) is 5.52. The molecule has 1 aliphatic heterocycles. The van der Waals surface area contributed by atoms with Crippen LogP contribution < -0.4 is 5.32 Å². The van der Waals surface area contributed by atoms with Crippen molar-refractivity contribution in [2.45, 2.75) is 19.8 Å². The number of carbonyl (C=O) groups is 2. The molecule has 2 amide bonds. The first-order chi connectivity index (χ1) is 14.5. The zero-order valence-corrected chi connectivity index (χ0v) is 17.1. The third-order valence-electron chi connectivity index (χ3n) is 5.52. The molecule has 154 valence electrons. The minimum absolute atomic E-state index is 0.0414. The number of rotatable bonds is 4. The van der Waals surface area contributed by atoms with E-state index in [0.717, 1.165) is 12.0 Å². The first kappa shape index (κ1) is 19.8. The van der Waals surface area contributed by atoms with Crippen LogP contribution in [0.25, 0.3) is 11.4 Å². The molecule has 3 aromatic rings. The van der Waals surface area contributed by atoms with Crippen molar-refractivity contribution in [1.82, 2.24) is 24.6 Å². The van der Waals surface area contributed by atoms with E-state index in [2.05, 4.69) is 20.5 Å². The van der Waals surface area contributed by atoms with Gasteiger partial charge in [-0.05, 0) is 38.0 Å². The number of benzene rings is 1. The molecular weight excluding hydrogens is 380 g/mol. The summed E-state index contributed by atoms with van der Waals surface area (Å²) in [6.07, 6.45) is 6.40. The summed E-state index contributed by atoms with van der Waals surface area (Å²) in [7, 11) is 1.85. The first-order valence-corrected chi connectivity index (χ1v) is 9.91. The number of nitrogens with one attached hydrogen (secondary N) is 1. The van der Waals surface area contributed by atoms with Crippen LogP contribution in [0.1, 0.15) is 30.1 Å². The van der Waals surface area contributed by atoms with Crippen LogP contribution in [-0.4, -0.2) is 49.6 Å². The molecule has 1 atom stereocenters. The van der Waals surface area contributed by atoms with Gasteiger partial charge in [0.25, 0.3) is 5.91 Å². The second-order valence-corrected chi connectivity index (χ2v) is 7.94. The quantitative estimate of drug-likeness (QED) is 0.722. The summed E-state index contributed by atoms with van der Waals surface area (Å²) in [6, 6.07) is 11.0. The van der Waals surface area contributed by atoms with E-state index in [1.165, 1.54) is 0 Å². The second kappa shape index (κ2) is 8.06. The molecular formula is C22H24N6O2. The summed E-state index contributed by atoms with van der Waals surface area (Å²) >= 11 is 0. The zero-order chi connectivity index (χ0) is 21.1. The van der Waals surface area contributed by atoms with Crippen LogP contribution in [-0.2, 0) is 11.8 Å². The summed E-state index contributed by atoms with van der Waals surface area (Å²) < 4.78 is 1.79. The minimum Gasteiger partial charge on any atom is -0.338 e. The van der Waals surface area contributed by atoms with Gasteiger partial charge < -0.3 is 14.8 Å². The van der Waals surface area contributed by atoms with Gasteiger partial charge in [-0.3, -0.25) is 14.6 Å². The van der Waals surface area contributed by atoms with E-state index >= 15 is 0 Å². The fourth-order valence-corrected chi connectivity index (χ4v) is 3.82. The van der Waals surface area contributed by atoms with Gasteiger partial charge >= 0.3 is 0 Å². The average molecular weight is 404 g/mol. The Morgan fingerprint density at radius 2 is 1.97 bits per heavy atom. The molecule has 0 radical (unpaired) electrons. The lowest BCUT2D eigenvalue weighted by Crippen LogP contribution is -2.50. The molecule has 0 saturated carbocycles. The van der Waals surface area contributed by atoms with Crippen molar-refractivity contribution >= 4 is 17.5 Å². The summed E-state index contributed by atoms with van der Waals surface area (Å²) in [5, 5.41) is 10.9. The van der Waals surface area contributed by atoms with Crippen molar-refractivity contribution in [2.24, 2.45) is 12.5 Å². The first-order valence-electron chi connectivity index (χ1n) is 9.91. The monoisotopic (exact) mass is 404 g/mol. The summed E-state index contributed by atoms with van der Waals surface area (Å²) in [5.74, 6) is 0.507. The zero-order valence-electron chi connectivity index (χ0n) is 17.1. The average Bonchev–Trinajstić information content (AvgIpc) is 3.20. The van der Waals surface area contributed by atoms with Gasteiger partial charge in [-0.15, -0.1) is 10.2 Å². The Bertz CT molecular complexity index is 1060. The number of hydrogen-bond acceptors (Lipinski definition) is 5. The maximum absolute atomic E-state index is 13.1. The Labute approximate surface area is 175 Å². The van der Waals surface area contributed by atoms with Crippen LogP contribution in [0, 0.1) is 5.41 Å². The number of amides is 2. The fourth-order valence-electron chi connectivity index (χ4n) is 3.82. The van der Waals surface area contributed by atoms with Gasteiger partial charge in [-0.2, -0.15) is 0 Å². The van der Waals surface area contributed by atoms with Crippen LogP contribution in [0.15, 0.2) is 55.1 Å². The normalized spacial score (nSPS) is 18.8. The van der Waals surface area contributed by atoms with E-state index in [9.17, 15) is 9.59 Å². The number of pyridine rings is 1. The molecule has 1 aliphatic rings. The molecule has 8 nitrogen and oxygen atoms in total. The lowest BCUT2D eigenvalue weighted by Gasteiger charge is -2.39. The highest BCUT2D eigenvalue weighted by Gasteiger charge is 2.39. The topological polar surface area (TPSA) is 93.0 Å². The van der Waals surface area contributed by atoms with Crippen molar-refractivity contribution < 1.29 is 9.59 Å². The highest BCUT2D eigenvalue weighted by atomic mass is 16.2. The molecule has 0 aliphatic carbocycles. The van der Waals surface area contributed by atoms with Crippen LogP contribution in [0.3, 0.4) is 0 Å². The van der Waals surface area contributed by atoms with Crippen molar-refractivity contribution in [3.63, 3.8) is 0 Å². The van der Waals surface area contributed by atoms with Crippen molar-refractivity contribution in [1.29, 1.82) is 0 Å². The molecule has 1 N–H and O–H groups in total. The van der Waals surface area contributed by atoms with E-state index in [0.29, 0.717) is 36.6 Å². The standard InChI is InChI=1S/C22H24N6O2/c1-22(9-6-10-28(14-22)20(29)16-7-4-3-5-8-16)21(30)25-18-11-17(12-23-13-18)19-26-24-15-27(19)2/h3-5,7-8,11-13,15H,6,9-10,14H2,1-2H3,(H,25,30). The highest BCUT2D eigenvalue weighted by Crippen LogP contribution is 2.32. The number of carbonyl (C=O) groups excluding carboxylic acids is 2. The molecule has 1 fully saturated rings. The van der Waals surface area contributed by atoms with Gasteiger partial charge in [0.15, 0.2) is 5.82 Å². The van der Waals surface area contributed by atoms with Crippen LogP contribution in [0.4, 0.5) is 5.69 Å². The minimum atomic E-state index is -0.677. The highest BCUT2D eigenvalue weighted by molar-refractivity contribution is 5.98. The maximum Gasteiger partial charge on any atom is 0.253 e. The van der Waals surface area contributed by atoms with E-state index < -0.39 is 5.41 Å². The van der Waals surface area contributed by atoms with Crippen molar-refractivity contribution in [3.8, 4) is 11.4 Å². The predicted molar refractivity (Wildman–Crippen MR) is 113 cm³/mol. The Balaban J connectivity index is 1.49. The number of anilines is 1. The Morgan fingerprint density at radius 3 is 2.70 bits per heavy atom. The van der Waals surface area contributed by atoms with Crippen molar-refractivity contribution in [2.75, 3.05) is 18.4 Å². The van der Waals surface area contributed by atoms with Gasteiger partial charge in [0.05, 0.1) is 17.3 Å². The van der Waals surface area contributed by atoms with Gasteiger partial charge in [0.1, 0.15) is 6.33 Å². The van der Waals surface area contributed by atoms with Crippen LogP contribution in [0.5, 0.6) is 0 Å². The largest absolute Gasteiger partial charge is 0.338 e. The molecule has 3 heterocycles. The second-order valence-electron chi connectivity index (χ2n) is 7.94. The number of nitrogens with zero attached hydrogens (tertiary/aromatic N) is 5. The lowest BCUT2D eigenvalue weighted by molar-refractivity contribution is -0.127. The van der Waals surface area contributed by atoms with E-state index in [-0.39, 0.29) is 11.8 Å². The predicted octanol–water partition coefficient (Wildman–Crippen LogP) is 2.76. The summed E-state index contributed by atoms with van der Waals surface area (Å²) in [6.45, 7) is 2.94. The smallest absolute Gasteiger partial charge is 0.253 e.